The number of benzene rings is 2. The van der Waals surface area contributed by atoms with Gasteiger partial charge in [0.25, 0.3) is 0 Å². The summed E-state index contributed by atoms with van der Waals surface area (Å²) in [6, 6.07) is 13.4. The van der Waals surface area contributed by atoms with Crippen molar-refractivity contribution in [2.24, 2.45) is 0 Å². The van der Waals surface area contributed by atoms with E-state index in [1.54, 1.807) is 17.0 Å². The number of nitriles is 1. The lowest BCUT2D eigenvalue weighted by Crippen LogP contribution is -2.50. The number of alkyl halides is 3. The molecule has 140 valence electrons. The third-order valence-electron chi connectivity index (χ3n) is 4.37. The van der Waals surface area contributed by atoms with Crippen LogP contribution in [-0.4, -0.2) is 37.1 Å². The Balaban J connectivity index is 1.56. The van der Waals surface area contributed by atoms with Crippen LogP contribution in [0.2, 0.25) is 0 Å². The molecule has 1 heterocycles. The van der Waals surface area contributed by atoms with Gasteiger partial charge in [-0.2, -0.15) is 18.4 Å². The zero-order valence-electron chi connectivity index (χ0n) is 14.3. The lowest BCUT2D eigenvalue weighted by molar-refractivity contribution is -0.137. The van der Waals surface area contributed by atoms with Gasteiger partial charge in [0.1, 0.15) is 0 Å². The van der Waals surface area contributed by atoms with Crippen molar-refractivity contribution in [2.45, 2.75) is 6.18 Å². The predicted molar refractivity (Wildman–Crippen MR) is 95.4 cm³/mol. The van der Waals surface area contributed by atoms with Gasteiger partial charge in [-0.25, -0.2) is 4.79 Å². The first-order valence-electron chi connectivity index (χ1n) is 8.35. The Labute approximate surface area is 154 Å². The molecule has 0 unspecified atom stereocenters. The molecule has 1 aliphatic rings. The molecule has 1 aliphatic heterocycles. The molecule has 1 N–H and O–H groups in total. The first kappa shape index (κ1) is 18.6. The van der Waals surface area contributed by atoms with Gasteiger partial charge in [-0.1, -0.05) is 6.07 Å². The molecule has 0 aliphatic carbocycles. The van der Waals surface area contributed by atoms with Crippen LogP contribution in [0, 0.1) is 11.3 Å². The van der Waals surface area contributed by atoms with Gasteiger partial charge in [0.2, 0.25) is 0 Å². The molecule has 8 heteroatoms. The Kier molecular flexibility index (Phi) is 5.21. The van der Waals surface area contributed by atoms with Crippen molar-refractivity contribution < 1.29 is 18.0 Å². The van der Waals surface area contributed by atoms with Gasteiger partial charge >= 0.3 is 12.2 Å². The van der Waals surface area contributed by atoms with Gasteiger partial charge in [-0.15, -0.1) is 0 Å². The predicted octanol–water partition coefficient (Wildman–Crippen LogP) is 3.93. The Morgan fingerprint density at radius 3 is 2.30 bits per heavy atom. The molecule has 0 aromatic heterocycles. The Bertz CT molecular complexity index is 850. The molecule has 0 radical (unpaired) electrons. The monoisotopic (exact) mass is 374 g/mol. The van der Waals surface area contributed by atoms with E-state index in [9.17, 15) is 18.0 Å². The van der Waals surface area contributed by atoms with E-state index in [0.29, 0.717) is 37.4 Å². The van der Waals surface area contributed by atoms with Crippen molar-refractivity contribution in [2.75, 3.05) is 36.4 Å². The van der Waals surface area contributed by atoms with Gasteiger partial charge in [-0.3, -0.25) is 0 Å². The minimum absolute atomic E-state index is 0.317. The summed E-state index contributed by atoms with van der Waals surface area (Å²) in [5, 5.41) is 11.6. The number of carbonyl (C=O) groups excluding carboxylic acids is 1. The number of hydrogen-bond donors (Lipinski definition) is 1. The third kappa shape index (κ3) is 4.50. The van der Waals surface area contributed by atoms with Crippen LogP contribution in [0.4, 0.5) is 29.3 Å². The van der Waals surface area contributed by atoms with Gasteiger partial charge in [0, 0.05) is 37.6 Å². The molecule has 0 bridgehead atoms. The summed E-state index contributed by atoms with van der Waals surface area (Å²) in [5.41, 5.74) is 1.07. The van der Waals surface area contributed by atoms with Crippen LogP contribution >= 0.6 is 0 Å². The zero-order valence-corrected chi connectivity index (χ0v) is 14.3. The maximum Gasteiger partial charge on any atom is 0.416 e. The highest BCUT2D eigenvalue weighted by Crippen LogP contribution is 2.29. The summed E-state index contributed by atoms with van der Waals surface area (Å²) in [6.07, 6.45) is -4.40. The van der Waals surface area contributed by atoms with Crippen LogP contribution in [0.25, 0.3) is 0 Å². The first-order chi connectivity index (χ1) is 12.9. The lowest BCUT2D eigenvalue weighted by atomic mass is 10.2. The van der Waals surface area contributed by atoms with Crippen LogP contribution in [0.15, 0.2) is 48.5 Å². The van der Waals surface area contributed by atoms with Gasteiger partial charge < -0.3 is 15.1 Å². The van der Waals surface area contributed by atoms with Crippen molar-refractivity contribution >= 4 is 17.4 Å². The number of carbonyl (C=O) groups is 1. The van der Waals surface area contributed by atoms with E-state index in [1.807, 2.05) is 12.1 Å². The van der Waals surface area contributed by atoms with Crippen molar-refractivity contribution in [3.05, 3.63) is 59.7 Å². The molecule has 1 saturated heterocycles. The van der Waals surface area contributed by atoms with Gasteiger partial charge in [-0.05, 0) is 42.5 Å². The largest absolute Gasteiger partial charge is 0.416 e. The van der Waals surface area contributed by atoms with Gasteiger partial charge in [0.15, 0.2) is 0 Å². The van der Waals surface area contributed by atoms with Gasteiger partial charge in [0.05, 0.1) is 17.2 Å². The van der Waals surface area contributed by atoms with E-state index in [4.69, 9.17) is 5.26 Å². The van der Waals surface area contributed by atoms with Crippen LogP contribution < -0.4 is 10.2 Å². The number of hydrogen-bond acceptors (Lipinski definition) is 3. The summed E-state index contributed by atoms with van der Waals surface area (Å²) in [5.74, 6) is 0. The van der Waals surface area contributed by atoms with Crippen LogP contribution in [0.5, 0.6) is 0 Å². The normalized spacial score (nSPS) is 14.6. The number of halogens is 3. The number of amides is 2. The van der Waals surface area contributed by atoms with Crippen LogP contribution in [0.3, 0.4) is 0 Å². The fourth-order valence-corrected chi connectivity index (χ4v) is 2.88. The number of anilines is 2. The summed E-state index contributed by atoms with van der Waals surface area (Å²) < 4.78 is 37.7. The molecule has 3 rings (SSSR count). The summed E-state index contributed by atoms with van der Waals surface area (Å²) >= 11 is 0. The topological polar surface area (TPSA) is 59.4 Å². The molecule has 27 heavy (non-hydrogen) atoms. The zero-order chi connectivity index (χ0) is 19.4. The van der Waals surface area contributed by atoms with Crippen molar-refractivity contribution in [1.82, 2.24) is 4.90 Å². The molecule has 0 saturated carbocycles. The molecule has 0 atom stereocenters. The number of urea groups is 1. The maximum absolute atomic E-state index is 12.6. The average molecular weight is 374 g/mol. The third-order valence-corrected chi connectivity index (χ3v) is 4.37. The lowest BCUT2D eigenvalue weighted by Gasteiger charge is -2.36. The summed E-state index contributed by atoms with van der Waals surface area (Å²) in [6.45, 7) is 2.16. The molecule has 5 nitrogen and oxygen atoms in total. The van der Waals surface area contributed by atoms with Crippen molar-refractivity contribution in [3.8, 4) is 6.07 Å². The number of rotatable bonds is 2. The molecule has 2 aromatic carbocycles. The van der Waals surface area contributed by atoms with E-state index >= 15 is 0 Å². The number of nitrogens with zero attached hydrogens (tertiary/aromatic N) is 3. The van der Waals surface area contributed by atoms with Crippen LogP contribution in [-0.2, 0) is 6.18 Å². The van der Waals surface area contributed by atoms with E-state index in [-0.39, 0.29) is 6.03 Å². The molecule has 2 aromatic rings. The van der Waals surface area contributed by atoms with E-state index in [2.05, 4.69) is 16.3 Å². The number of piperazine rings is 1. The van der Waals surface area contributed by atoms with Crippen molar-refractivity contribution in [1.29, 1.82) is 5.26 Å². The number of nitrogens with one attached hydrogen (secondary N) is 1. The van der Waals surface area contributed by atoms with Crippen LogP contribution in [0.1, 0.15) is 11.1 Å². The minimum Gasteiger partial charge on any atom is -0.368 e. The standard InChI is InChI=1S/C19H17F3N4O/c20-19(21,22)15-4-6-16(7-5-15)24-18(27)26-10-8-25(9-11-26)17-3-1-2-14(12-17)13-23/h1-7,12H,8-11H2,(H,24,27). The fraction of sp³-hybridized carbons (Fsp3) is 0.263. The Morgan fingerprint density at radius 2 is 1.70 bits per heavy atom. The highest BCUT2D eigenvalue weighted by Gasteiger charge is 2.30. The van der Waals surface area contributed by atoms with E-state index < -0.39 is 11.7 Å². The smallest absolute Gasteiger partial charge is 0.368 e. The fourth-order valence-electron chi connectivity index (χ4n) is 2.88. The Hall–Kier alpha value is -3.21. The summed E-state index contributed by atoms with van der Waals surface area (Å²) in [4.78, 5) is 16.0. The SMILES string of the molecule is N#Cc1cccc(N2CCN(C(=O)Nc3ccc(C(F)(F)F)cc3)CC2)c1. The van der Waals surface area contributed by atoms with E-state index in [1.165, 1.54) is 12.1 Å². The highest BCUT2D eigenvalue weighted by atomic mass is 19.4. The molecule has 1 fully saturated rings. The second kappa shape index (κ2) is 7.58. The first-order valence-corrected chi connectivity index (χ1v) is 8.35. The minimum atomic E-state index is -4.40. The molecule has 0 spiro atoms. The average Bonchev–Trinajstić information content (AvgIpc) is 2.68. The quantitative estimate of drug-likeness (QED) is 0.867. The Morgan fingerprint density at radius 1 is 1.04 bits per heavy atom. The second-order valence-corrected chi connectivity index (χ2v) is 6.14. The highest BCUT2D eigenvalue weighted by molar-refractivity contribution is 5.89. The summed E-state index contributed by atoms with van der Waals surface area (Å²) in [7, 11) is 0. The molecule has 2 amide bonds. The van der Waals surface area contributed by atoms with E-state index in [0.717, 1.165) is 17.8 Å². The maximum atomic E-state index is 12.6. The second-order valence-electron chi connectivity index (χ2n) is 6.14. The molecular weight excluding hydrogens is 357 g/mol. The van der Waals surface area contributed by atoms with Crippen molar-refractivity contribution in [3.63, 3.8) is 0 Å². The molecular formula is C19H17F3N4O.